The first-order valence-corrected chi connectivity index (χ1v) is 3.17. The van der Waals surface area contributed by atoms with Crippen LogP contribution in [0.4, 0.5) is 0 Å². The quantitative estimate of drug-likeness (QED) is 0.494. The second-order valence-corrected chi connectivity index (χ2v) is 1.89. The summed E-state index contributed by atoms with van der Waals surface area (Å²) in [6.45, 7) is 0.101. The van der Waals surface area contributed by atoms with Gasteiger partial charge in [-0.1, -0.05) is 0 Å². The molecule has 0 rings (SSSR count). The van der Waals surface area contributed by atoms with Crippen molar-refractivity contribution >= 4 is 0 Å². The summed E-state index contributed by atoms with van der Waals surface area (Å²) >= 11 is 0. The van der Waals surface area contributed by atoms with Crippen LogP contribution in [0.1, 0.15) is 6.42 Å². The van der Waals surface area contributed by atoms with Crippen molar-refractivity contribution in [3.63, 3.8) is 0 Å². The van der Waals surface area contributed by atoms with E-state index in [1.54, 1.807) is 0 Å². The molecule has 10 heavy (non-hydrogen) atoms. The SMILES string of the molecule is COCOC(CO)CCO. The van der Waals surface area contributed by atoms with Gasteiger partial charge in [0.05, 0.1) is 12.7 Å². The summed E-state index contributed by atoms with van der Waals surface area (Å²) in [7, 11) is 1.51. The van der Waals surface area contributed by atoms with Gasteiger partial charge in [-0.25, -0.2) is 0 Å². The smallest absolute Gasteiger partial charge is 0.146 e. The Bertz CT molecular complexity index is 66.8. The van der Waals surface area contributed by atoms with Crippen LogP contribution in [0.2, 0.25) is 0 Å². The zero-order chi connectivity index (χ0) is 7.82. The van der Waals surface area contributed by atoms with Crippen LogP contribution >= 0.6 is 0 Å². The molecule has 0 bridgehead atoms. The maximum atomic E-state index is 8.59. The zero-order valence-corrected chi connectivity index (χ0v) is 6.12. The Morgan fingerprint density at radius 2 is 2.10 bits per heavy atom. The second-order valence-electron chi connectivity index (χ2n) is 1.89. The average Bonchev–Trinajstić information content (AvgIpc) is 1.98. The summed E-state index contributed by atoms with van der Waals surface area (Å²) in [6, 6.07) is 0. The van der Waals surface area contributed by atoms with Gasteiger partial charge in [0.2, 0.25) is 0 Å². The minimum atomic E-state index is -0.301. The standard InChI is InChI=1S/C6H14O4/c1-9-5-10-6(4-8)2-3-7/h6-8H,2-5H2,1H3. The summed E-state index contributed by atoms with van der Waals surface area (Å²) < 4.78 is 9.55. The van der Waals surface area contributed by atoms with Crippen LogP contribution in [-0.4, -0.2) is 43.4 Å². The van der Waals surface area contributed by atoms with Crippen molar-refractivity contribution in [2.45, 2.75) is 12.5 Å². The van der Waals surface area contributed by atoms with E-state index in [1.807, 2.05) is 0 Å². The molecule has 4 nitrogen and oxygen atoms in total. The van der Waals surface area contributed by atoms with E-state index in [0.717, 1.165) is 0 Å². The number of ether oxygens (including phenoxy) is 2. The van der Waals surface area contributed by atoms with E-state index in [2.05, 4.69) is 4.74 Å². The first-order valence-electron chi connectivity index (χ1n) is 3.17. The average molecular weight is 150 g/mol. The van der Waals surface area contributed by atoms with E-state index in [9.17, 15) is 0 Å². The molecule has 0 radical (unpaired) electrons. The van der Waals surface area contributed by atoms with Gasteiger partial charge in [-0.3, -0.25) is 0 Å². The molecule has 0 spiro atoms. The first-order chi connectivity index (χ1) is 4.85. The maximum Gasteiger partial charge on any atom is 0.146 e. The molecular formula is C6H14O4. The van der Waals surface area contributed by atoms with Crippen LogP contribution in [-0.2, 0) is 9.47 Å². The molecule has 0 aliphatic heterocycles. The van der Waals surface area contributed by atoms with E-state index in [-0.39, 0.29) is 26.1 Å². The molecule has 0 aromatic rings. The Morgan fingerprint density at radius 1 is 1.40 bits per heavy atom. The van der Waals surface area contributed by atoms with Crippen molar-refractivity contribution in [1.29, 1.82) is 0 Å². The predicted octanol–water partition coefficient (Wildman–Crippen LogP) is -0.650. The molecule has 0 aliphatic rings. The lowest BCUT2D eigenvalue weighted by atomic mass is 10.3. The minimum absolute atomic E-state index is 0.0228. The van der Waals surface area contributed by atoms with Crippen LogP contribution < -0.4 is 0 Å². The fourth-order valence-electron chi connectivity index (χ4n) is 0.536. The monoisotopic (exact) mass is 150 g/mol. The largest absolute Gasteiger partial charge is 0.396 e. The molecule has 2 N–H and O–H groups in total. The van der Waals surface area contributed by atoms with Crippen molar-refractivity contribution in [2.24, 2.45) is 0 Å². The Balaban J connectivity index is 3.21. The molecule has 1 atom stereocenters. The summed E-state index contributed by atoms with van der Waals surface area (Å²) in [4.78, 5) is 0. The lowest BCUT2D eigenvalue weighted by Gasteiger charge is -2.12. The highest BCUT2D eigenvalue weighted by atomic mass is 16.7. The summed E-state index contributed by atoms with van der Waals surface area (Å²) in [5.74, 6) is 0. The van der Waals surface area contributed by atoms with Crippen molar-refractivity contribution in [3.05, 3.63) is 0 Å². The summed E-state index contributed by atoms with van der Waals surface area (Å²) in [5, 5.41) is 17.0. The molecule has 0 fully saturated rings. The number of methoxy groups -OCH3 is 1. The third-order valence-corrected chi connectivity index (χ3v) is 1.08. The van der Waals surface area contributed by atoms with Gasteiger partial charge in [0.15, 0.2) is 0 Å². The number of aliphatic hydroxyl groups is 2. The summed E-state index contributed by atoms with van der Waals surface area (Å²) in [6.07, 6.45) is 0.143. The first kappa shape index (κ1) is 9.84. The molecule has 0 aromatic heterocycles. The third-order valence-electron chi connectivity index (χ3n) is 1.08. The highest BCUT2D eigenvalue weighted by Crippen LogP contribution is 1.95. The van der Waals surface area contributed by atoms with Gasteiger partial charge in [-0.2, -0.15) is 0 Å². The van der Waals surface area contributed by atoms with Crippen molar-refractivity contribution < 1.29 is 19.7 Å². The van der Waals surface area contributed by atoms with E-state index in [0.29, 0.717) is 6.42 Å². The van der Waals surface area contributed by atoms with Crippen LogP contribution in [0.3, 0.4) is 0 Å². The topological polar surface area (TPSA) is 58.9 Å². The van der Waals surface area contributed by atoms with Gasteiger partial charge in [-0.15, -0.1) is 0 Å². The fraction of sp³-hybridized carbons (Fsp3) is 1.00. The fourth-order valence-corrected chi connectivity index (χ4v) is 0.536. The number of hydrogen-bond donors (Lipinski definition) is 2. The number of aliphatic hydroxyl groups excluding tert-OH is 2. The molecule has 62 valence electrons. The molecule has 0 heterocycles. The van der Waals surface area contributed by atoms with E-state index in [1.165, 1.54) is 7.11 Å². The van der Waals surface area contributed by atoms with Gasteiger partial charge in [0, 0.05) is 13.7 Å². The van der Waals surface area contributed by atoms with Crippen LogP contribution in [0.15, 0.2) is 0 Å². The molecule has 0 amide bonds. The zero-order valence-electron chi connectivity index (χ0n) is 6.12. The van der Waals surface area contributed by atoms with Crippen molar-refractivity contribution in [1.82, 2.24) is 0 Å². The van der Waals surface area contributed by atoms with Gasteiger partial charge >= 0.3 is 0 Å². The highest BCUT2D eigenvalue weighted by molar-refractivity contribution is 4.52. The minimum Gasteiger partial charge on any atom is -0.396 e. The maximum absolute atomic E-state index is 8.59. The van der Waals surface area contributed by atoms with Gasteiger partial charge < -0.3 is 19.7 Å². The van der Waals surface area contributed by atoms with Gasteiger partial charge in [0.1, 0.15) is 6.79 Å². The van der Waals surface area contributed by atoms with Crippen LogP contribution in [0.25, 0.3) is 0 Å². The third kappa shape index (κ3) is 4.69. The molecule has 0 aromatic carbocycles. The summed E-state index contributed by atoms with van der Waals surface area (Å²) in [5.41, 5.74) is 0. The van der Waals surface area contributed by atoms with Crippen LogP contribution in [0.5, 0.6) is 0 Å². The lowest BCUT2D eigenvalue weighted by molar-refractivity contribution is -0.0925. The van der Waals surface area contributed by atoms with Crippen molar-refractivity contribution in [3.8, 4) is 0 Å². The number of rotatable bonds is 6. The van der Waals surface area contributed by atoms with Crippen LogP contribution in [0, 0.1) is 0 Å². The molecule has 0 saturated carbocycles. The molecule has 4 heteroatoms. The van der Waals surface area contributed by atoms with Gasteiger partial charge in [-0.05, 0) is 6.42 Å². The molecular weight excluding hydrogens is 136 g/mol. The Morgan fingerprint density at radius 3 is 2.50 bits per heavy atom. The Kier molecular flexibility index (Phi) is 6.84. The Labute approximate surface area is 60.4 Å². The van der Waals surface area contributed by atoms with Gasteiger partial charge in [0.25, 0.3) is 0 Å². The van der Waals surface area contributed by atoms with E-state index < -0.39 is 0 Å². The van der Waals surface area contributed by atoms with Crippen molar-refractivity contribution in [2.75, 3.05) is 27.1 Å². The molecule has 0 aliphatic carbocycles. The second kappa shape index (κ2) is 6.95. The van der Waals surface area contributed by atoms with E-state index in [4.69, 9.17) is 14.9 Å². The lowest BCUT2D eigenvalue weighted by Crippen LogP contribution is -2.20. The van der Waals surface area contributed by atoms with E-state index >= 15 is 0 Å². The molecule has 0 saturated heterocycles. The predicted molar refractivity (Wildman–Crippen MR) is 35.5 cm³/mol. The normalized spacial score (nSPS) is 13.5. The molecule has 1 unspecified atom stereocenters. The highest BCUT2D eigenvalue weighted by Gasteiger charge is 2.04. The Hall–Kier alpha value is -0.160. The number of hydrogen-bond acceptors (Lipinski definition) is 4.